The number of aromatic amines is 1. The van der Waals surface area contributed by atoms with E-state index in [1.807, 2.05) is 19.2 Å². The van der Waals surface area contributed by atoms with E-state index in [4.69, 9.17) is 5.73 Å². The molecule has 4 rings (SSSR count). The summed E-state index contributed by atoms with van der Waals surface area (Å²) in [5.41, 5.74) is 10.1. The molecule has 2 aliphatic heterocycles. The molecule has 2 aromatic rings. The van der Waals surface area contributed by atoms with E-state index < -0.39 is 6.03 Å². The molecule has 1 saturated heterocycles. The number of nitrogens with zero attached hydrogens (tertiary/aromatic N) is 1. The third-order valence-corrected chi connectivity index (χ3v) is 6.15. The highest BCUT2D eigenvalue weighted by Crippen LogP contribution is 2.38. The van der Waals surface area contributed by atoms with Crippen LogP contribution in [0.3, 0.4) is 0 Å². The smallest absolute Gasteiger partial charge is 0.316 e. The minimum Gasteiger partial charge on any atom is -0.361 e. The summed E-state index contributed by atoms with van der Waals surface area (Å²) >= 11 is 0. The van der Waals surface area contributed by atoms with Gasteiger partial charge in [0.15, 0.2) is 0 Å². The van der Waals surface area contributed by atoms with Crippen molar-refractivity contribution >= 4 is 40.4 Å². The van der Waals surface area contributed by atoms with Crippen molar-refractivity contribution in [2.75, 3.05) is 30.3 Å². The van der Waals surface area contributed by atoms with Crippen LogP contribution in [0, 0.1) is 0 Å². The molecule has 0 unspecified atom stereocenters. The number of anilines is 2. The number of aromatic nitrogens is 1. The van der Waals surface area contributed by atoms with Gasteiger partial charge in [-0.2, -0.15) is 0 Å². The quantitative estimate of drug-likeness (QED) is 0.415. The van der Waals surface area contributed by atoms with Crippen LogP contribution in [-0.4, -0.2) is 47.4 Å². The van der Waals surface area contributed by atoms with Crippen LogP contribution in [0.25, 0.3) is 11.1 Å². The van der Waals surface area contributed by atoms with Crippen molar-refractivity contribution < 1.29 is 14.4 Å². The van der Waals surface area contributed by atoms with Crippen molar-refractivity contribution in [2.24, 2.45) is 5.73 Å². The van der Waals surface area contributed by atoms with E-state index in [1.165, 1.54) is 19.3 Å². The zero-order chi connectivity index (χ0) is 23.4. The number of hydrogen-bond acceptors (Lipinski definition) is 4. The van der Waals surface area contributed by atoms with Crippen LogP contribution in [0.15, 0.2) is 30.5 Å². The molecule has 0 saturated carbocycles. The average Bonchev–Trinajstić information content (AvgIpc) is 3.40. The van der Waals surface area contributed by atoms with E-state index >= 15 is 0 Å². The number of urea groups is 1. The zero-order valence-electron chi connectivity index (χ0n) is 18.8. The molecule has 1 aromatic heterocycles. The van der Waals surface area contributed by atoms with Gasteiger partial charge in [-0.25, -0.2) is 4.79 Å². The highest BCUT2D eigenvalue weighted by molar-refractivity contribution is 6.36. The number of benzene rings is 1. The van der Waals surface area contributed by atoms with Crippen molar-refractivity contribution in [2.45, 2.75) is 39.2 Å². The number of amides is 4. The van der Waals surface area contributed by atoms with Gasteiger partial charge in [0, 0.05) is 48.3 Å². The highest BCUT2D eigenvalue weighted by Gasteiger charge is 2.27. The Morgan fingerprint density at radius 1 is 1.15 bits per heavy atom. The van der Waals surface area contributed by atoms with Crippen LogP contribution in [0.1, 0.15) is 49.4 Å². The van der Waals surface area contributed by atoms with Gasteiger partial charge in [0.05, 0.1) is 5.57 Å². The maximum atomic E-state index is 12.6. The van der Waals surface area contributed by atoms with Crippen molar-refractivity contribution in [3.8, 4) is 0 Å². The Kier molecular flexibility index (Phi) is 6.79. The number of rotatable bonds is 7. The molecule has 0 bridgehead atoms. The molecule has 1 fully saturated rings. The summed E-state index contributed by atoms with van der Waals surface area (Å²) in [6.45, 7) is 5.26. The van der Waals surface area contributed by atoms with Crippen LogP contribution in [0.5, 0.6) is 0 Å². The molecule has 2 aliphatic rings. The summed E-state index contributed by atoms with van der Waals surface area (Å²) in [7, 11) is 0. The van der Waals surface area contributed by atoms with Gasteiger partial charge in [-0.3, -0.25) is 9.59 Å². The number of piperidine rings is 1. The summed E-state index contributed by atoms with van der Waals surface area (Å²) in [5.74, 6) is -0.169. The van der Waals surface area contributed by atoms with Crippen LogP contribution in [0.2, 0.25) is 0 Å². The van der Waals surface area contributed by atoms with Crippen molar-refractivity contribution in [1.29, 1.82) is 0 Å². The van der Waals surface area contributed by atoms with E-state index in [-0.39, 0.29) is 11.8 Å². The summed E-state index contributed by atoms with van der Waals surface area (Å²) in [6.07, 6.45) is 6.05. The largest absolute Gasteiger partial charge is 0.361 e. The average molecular weight is 451 g/mol. The normalized spacial score (nSPS) is 17.3. The lowest BCUT2D eigenvalue weighted by Gasteiger charge is -2.25. The summed E-state index contributed by atoms with van der Waals surface area (Å²) in [4.78, 5) is 41.6. The predicted molar refractivity (Wildman–Crippen MR) is 128 cm³/mol. The van der Waals surface area contributed by atoms with Gasteiger partial charge >= 0.3 is 6.03 Å². The zero-order valence-corrected chi connectivity index (χ0v) is 18.8. The molecule has 1 aromatic carbocycles. The Bertz CT molecular complexity index is 1100. The fraction of sp³-hybridized carbons (Fsp3) is 0.375. The van der Waals surface area contributed by atoms with Crippen LogP contribution < -0.4 is 21.7 Å². The molecule has 0 aliphatic carbocycles. The van der Waals surface area contributed by atoms with Gasteiger partial charge in [0.25, 0.3) is 5.91 Å². The maximum absolute atomic E-state index is 12.6. The molecule has 9 nitrogen and oxygen atoms in total. The van der Waals surface area contributed by atoms with E-state index in [2.05, 4.69) is 25.8 Å². The molecule has 33 heavy (non-hydrogen) atoms. The molecule has 0 spiro atoms. The predicted octanol–water partition coefficient (Wildman–Crippen LogP) is 2.88. The Hall–Kier alpha value is -3.59. The summed E-state index contributed by atoms with van der Waals surface area (Å²) < 4.78 is 0. The van der Waals surface area contributed by atoms with Gasteiger partial charge in [-0.05, 0) is 68.3 Å². The third-order valence-electron chi connectivity index (χ3n) is 6.15. The molecule has 0 atom stereocenters. The van der Waals surface area contributed by atoms with Crippen molar-refractivity contribution in [3.63, 3.8) is 0 Å². The Morgan fingerprint density at radius 3 is 2.70 bits per heavy atom. The second kappa shape index (κ2) is 9.91. The van der Waals surface area contributed by atoms with Crippen molar-refractivity contribution in [1.82, 2.24) is 15.2 Å². The van der Waals surface area contributed by atoms with Gasteiger partial charge in [0.2, 0.25) is 5.91 Å². The number of H-pyrrole nitrogens is 1. The molecule has 174 valence electrons. The fourth-order valence-electron chi connectivity index (χ4n) is 4.38. The molecule has 6 N–H and O–H groups in total. The van der Waals surface area contributed by atoms with E-state index in [1.54, 1.807) is 18.2 Å². The lowest BCUT2D eigenvalue weighted by Crippen LogP contribution is -2.34. The third kappa shape index (κ3) is 5.43. The van der Waals surface area contributed by atoms with Crippen LogP contribution in [0.4, 0.5) is 16.2 Å². The molecule has 4 amide bonds. The first-order chi connectivity index (χ1) is 15.9. The number of fused-ring (bicyclic) bond motifs is 1. The van der Waals surface area contributed by atoms with Gasteiger partial charge < -0.3 is 31.6 Å². The Balaban J connectivity index is 1.41. The van der Waals surface area contributed by atoms with Gasteiger partial charge in [-0.1, -0.05) is 6.42 Å². The minimum atomic E-state index is -0.665. The van der Waals surface area contributed by atoms with Crippen LogP contribution in [-0.2, 0) is 16.1 Å². The number of allylic oxidation sites excluding steroid dienone is 1. The first-order valence-electron chi connectivity index (χ1n) is 11.3. The van der Waals surface area contributed by atoms with Crippen LogP contribution >= 0.6 is 0 Å². The van der Waals surface area contributed by atoms with E-state index in [0.29, 0.717) is 35.5 Å². The SMILES string of the molecule is C/C(=C1/C(=O)Nc2ccc(NC(N)=O)cc21)c1cc(CNC(=O)CCN2CCCCC2)c[nH]1. The fourth-order valence-corrected chi connectivity index (χ4v) is 4.38. The first-order valence-corrected chi connectivity index (χ1v) is 11.3. The Morgan fingerprint density at radius 2 is 1.94 bits per heavy atom. The molecule has 3 heterocycles. The number of nitrogens with two attached hydrogens (primary N) is 1. The molecule has 9 heteroatoms. The minimum absolute atomic E-state index is 0.0389. The monoisotopic (exact) mass is 450 g/mol. The number of nitrogens with one attached hydrogen (secondary N) is 4. The van der Waals surface area contributed by atoms with E-state index in [9.17, 15) is 14.4 Å². The maximum Gasteiger partial charge on any atom is 0.316 e. The number of carbonyl (C=O) groups is 3. The summed E-state index contributed by atoms with van der Waals surface area (Å²) in [5, 5.41) is 8.37. The molecule has 0 radical (unpaired) electrons. The van der Waals surface area contributed by atoms with E-state index in [0.717, 1.165) is 36.5 Å². The number of carbonyl (C=O) groups excluding carboxylic acids is 3. The molecular formula is C24H30N6O3. The number of primary amides is 1. The standard InChI is InChI=1S/C24H30N6O3/c1-15(22-18-12-17(28-24(25)33)5-6-19(18)29-23(22)32)20-11-16(13-26-20)14-27-21(31)7-10-30-8-3-2-4-9-30/h5-6,11-13,26H,2-4,7-10,14H2,1H3,(H,27,31)(H,29,32)(H3,25,28,33)/b22-15-. The first kappa shape index (κ1) is 22.6. The lowest BCUT2D eigenvalue weighted by molar-refractivity contribution is -0.121. The second-order valence-corrected chi connectivity index (χ2v) is 8.55. The van der Waals surface area contributed by atoms with Gasteiger partial charge in [0.1, 0.15) is 0 Å². The van der Waals surface area contributed by atoms with Crippen molar-refractivity contribution in [3.05, 3.63) is 47.3 Å². The summed E-state index contributed by atoms with van der Waals surface area (Å²) in [6, 6.07) is 6.41. The number of hydrogen-bond donors (Lipinski definition) is 5. The lowest BCUT2D eigenvalue weighted by atomic mass is 9.99. The second-order valence-electron chi connectivity index (χ2n) is 8.55. The number of likely N-dealkylation sites (tertiary alicyclic amines) is 1. The van der Waals surface area contributed by atoms with Gasteiger partial charge in [-0.15, -0.1) is 0 Å². The topological polar surface area (TPSA) is 132 Å². The highest BCUT2D eigenvalue weighted by atomic mass is 16.2. The molecular weight excluding hydrogens is 420 g/mol. The Labute approximate surface area is 192 Å².